The molecule has 1 fully saturated rings. The number of alkyl halides is 3. The van der Waals surface area contributed by atoms with E-state index >= 15 is 0 Å². The lowest BCUT2D eigenvalue weighted by Gasteiger charge is -2.39. The SMILES string of the molecule is CC1(C)CN(C(=O)c2ccc(Br)c(C(F)(F)F)c2)CCN1. The zero-order valence-corrected chi connectivity index (χ0v) is 13.3. The van der Waals surface area contributed by atoms with Crippen LogP contribution in [-0.2, 0) is 6.18 Å². The van der Waals surface area contributed by atoms with Crippen LogP contribution in [0.15, 0.2) is 22.7 Å². The van der Waals surface area contributed by atoms with Crippen LogP contribution in [0.25, 0.3) is 0 Å². The largest absolute Gasteiger partial charge is 0.417 e. The Kier molecular flexibility index (Phi) is 4.35. The lowest BCUT2D eigenvalue weighted by atomic mass is 10.0. The van der Waals surface area contributed by atoms with Crippen molar-refractivity contribution in [2.75, 3.05) is 19.6 Å². The van der Waals surface area contributed by atoms with Crippen molar-refractivity contribution in [2.24, 2.45) is 0 Å². The van der Waals surface area contributed by atoms with Crippen LogP contribution in [0.5, 0.6) is 0 Å². The van der Waals surface area contributed by atoms with Crippen molar-refractivity contribution in [3.8, 4) is 0 Å². The minimum absolute atomic E-state index is 0.0585. The fraction of sp³-hybridized carbons (Fsp3) is 0.500. The molecular weight excluding hydrogens is 349 g/mol. The van der Waals surface area contributed by atoms with E-state index in [-0.39, 0.29) is 21.5 Å². The molecule has 0 bridgehead atoms. The molecule has 0 atom stereocenters. The van der Waals surface area contributed by atoms with Crippen molar-refractivity contribution < 1.29 is 18.0 Å². The van der Waals surface area contributed by atoms with Gasteiger partial charge < -0.3 is 10.2 Å². The molecule has 0 saturated carbocycles. The van der Waals surface area contributed by atoms with E-state index in [4.69, 9.17) is 0 Å². The second kappa shape index (κ2) is 5.61. The molecule has 0 aliphatic carbocycles. The van der Waals surface area contributed by atoms with Crippen LogP contribution in [-0.4, -0.2) is 36.0 Å². The minimum atomic E-state index is -4.49. The number of carbonyl (C=O) groups excluding carboxylic acids is 1. The van der Waals surface area contributed by atoms with Gasteiger partial charge in [0, 0.05) is 35.2 Å². The molecule has 1 heterocycles. The molecule has 0 radical (unpaired) electrons. The number of amides is 1. The van der Waals surface area contributed by atoms with Crippen LogP contribution in [0, 0.1) is 0 Å². The highest BCUT2D eigenvalue weighted by Crippen LogP contribution is 2.35. The predicted molar refractivity (Wildman–Crippen MR) is 77.1 cm³/mol. The summed E-state index contributed by atoms with van der Waals surface area (Å²) in [5.74, 6) is -0.373. The third-order valence-electron chi connectivity index (χ3n) is 3.38. The number of hydrogen-bond donors (Lipinski definition) is 1. The summed E-state index contributed by atoms with van der Waals surface area (Å²) in [5, 5.41) is 3.26. The Morgan fingerprint density at radius 1 is 1.38 bits per heavy atom. The zero-order chi connectivity index (χ0) is 15.8. The summed E-state index contributed by atoms with van der Waals surface area (Å²) in [7, 11) is 0. The lowest BCUT2D eigenvalue weighted by molar-refractivity contribution is -0.138. The maximum absolute atomic E-state index is 12.9. The van der Waals surface area contributed by atoms with Gasteiger partial charge in [0.25, 0.3) is 5.91 Å². The maximum Gasteiger partial charge on any atom is 0.417 e. The summed E-state index contributed by atoms with van der Waals surface area (Å²) in [5.41, 5.74) is -1.01. The number of benzene rings is 1. The van der Waals surface area contributed by atoms with Crippen LogP contribution >= 0.6 is 15.9 Å². The number of piperazine rings is 1. The van der Waals surface area contributed by atoms with Gasteiger partial charge in [0.05, 0.1) is 5.56 Å². The molecule has 7 heteroatoms. The quantitative estimate of drug-likeness (QED) is 0.829. The van der Waals surface area contributed by atoms with E-state index in [1.165, 1.54) is 12.1 Å². The van der Waals surface area contributed by atoms with E-state index in [2.05, 4.69) is 21.2 Å². The highest BCUT2D eigenvalue weighted by atomic mass is 79.9. The maximum atomic E-state index is 12.9. The van der Waals surface area contributed by atoms with E-state index in [0.717, 1.165) is 6.07 Å². The molecule has 1 aliphatic heterocycles. The fourth-order valence-corrected chi connectivity index (χ4v) is 2.84. The van der Waals surface area contributed by atoms with Crippen LogP contribution in [0.3, 0.4) is 0 Å². The van der Waals surface area contributed by atoms with Crippen LogP contribution in [0.1, 0.15) is 29.8 Å². The first-order chi connectivity index (χ1) is 9.60. The van der Waals surface area contributed by atoms with Gasteiger partial charge in [-0.3, -0.25) is 4.79 Å². The standard InChI is InChI=1S/C14H16BrF3N2O/c1-13(2)8-20(6-5-19-13)12(21)9-3-4-11(15)10(7-9)14(16,17)18/h3-4,7,19H,5-6,8H2,1-2H3. The Balaban J connectivity index is 2.28. The first kappa shape index (κ1) is 16.3. The zero-order valence-electron chi connectivity index (χ0n) is 11.7. The van der Waals surface area contributed by atoms with Crippen LogP contribution in [0.2, 0.25) is 0 Å². The van der Waals surface area contributed by atoms with Gasteiger partial charge in [-0.25, -0.2) is 0 Å². The molecule has 3 nitrogen and oxygen atoms in total. The minimum Gasteiger partial charge on any atom is -0.336 e. The first-order valence-electron chi connectivity index (χ1n) is 6.51. The van der Waals surface area contributed by atoms with Gasteiger partial charge in [-0.2, -0.15) is 13.2 Å². The molecule has 1 aliphatic rings. The average Bonchev–Trinajstić information content (AvgIpc) is 2.36. The van der Waals surface area contributed by atoms with E-state index in [0.29, 0.717) is 19.6 Å². The lowest BCUT2D eigenvalue weighted by Crippen LogP contribution is -2.58. The highest BCUT2D eigenvalue weighted by molar-refractivity contribution is 9.10. The van der Waals surface area contributed by atoms with Gasteiger partial charge in [0.2, 0.25) is 0 Å². The molecule has 1 aromatic rings. The monoisotopic (exact) mass is 364 g/mol. The number of hydrogen-bond acceptors (Lipinski definition) is 2. The second-order valence-electron chi connectivity index (χ2n) is 5.73. The molecule has 116 valence electrons. The van der Waals surface area contributed by atoms with Crippen molar-refractivity contribution in [2.45, 2.75) is 25.6 Å². The molecule has 1 aromatic carbocycles. The fourth-order valence-electron chi connectivity index (χ4n) is 2.37. The normalized spacial score (nSPS) is 18.7. The van der Waals surface area contributed by atoms with Gasteiger partial charge in [0.1, 0.15) is 0 Å². The number of carbonyl (C=O) groups is 1. The Morgan fingerprint density at radius 2 is 2.05 bits per heavy atom. The first-order valence-corrected chi connectivity index (χ1v) is 7.30. The van der Waals surface area contributed by atoms with Crippen molar-refractivity contribution in [3.63, 3.8) is 0 Å². The molecule has 1 N–H and O–H groups in total. The van der Waals surface area contributed by atoms with Crippen molar-refractivity contribution in [3.05, 3.63) is 33.8 Å². The van der Waals surface area contributed by atoms with Gasteiger partial charge in [0.15, 0.2) is 0 Å². The molecule has 0 unspecified atom stereocenters. The van der Waals surface area contributed by atoms with E-state index in [9.17, 15) is 18.0 Å². The van der Waals surface area contributed by atoms with Gasteiger partial charge >= 0.3 is 6.18 Å². The average molecular weight is 365 g/mol. The van der Waals surface area contributed by atoms with Gasteiger partial charge in [-0.1, -0.05) is 15.9 Å². The number of nitrogens with zero attached hydrogens (tertiary/aromatic N) is 1. The van der Waals surface area contributed by atoms with E-state index < -0.39 is 11.7 Å². The van der Waals surface area contributed by atoms with Crippen molar-refractivity contribution >= 4 is 21.8 Å². The Morgan fingerprint density at radius 3 is 2.62 bits per heavy atom. The number of nitrogens with one attached hydrogen (secondary N) is 1. The topological polar surface area (TPSA) is 32.3 Å². The van der Waals surface area contributed by atoms with Crippen LogP contribution in [0.4, 0.5) is 13.2 Å². The summed E-state index contributed by atoms with van der Waals surface area (Å²) < 4.78 is 38.6. The molecule has 0 aromatic heterocycles. The molecule has 21 heavy (non-hydrogen) atoms. The number of rotatable bonds is 1. The van der Waals surface area contributed by atoms with E-state index in [1.807, 2.05) is 13.8 Å². The molecule has 2 rings (SSSR count). The van der Waals surface area contributed by atoms with E-state index in [1.54, 1.807) is 4.90 Å². The predicted octanol–water partition coefficient (Wildman–Crippen LogP) is 3.29. The Hall–Kier alpha value is -1.08. The van der Waals surface area contributed by atoms with Gasteiger partial charge in [-0.05, 0) is 32.0 Å². The summed E-state index contributed by atoms with van der Waals surface area (Å²) in [6, 6.07) is 3.58. The summed E-state index contributed by atoms with van der Waals surface area (Å²) >= 11 is 2.87. The smallest absolute Gasteiger partial charge is 0.336 e. The highest BCUT2D eigenvalue weighted by Gasteiger charge is 2.35. The Labute approximate surface area is 129 Å². The molecule has 1 amide bonds. The Bertz CT molecular complexity index is 558. The summed E-state index contributed by atoms with van der Waals surface area (Å²) in [4.78, 5) is 14.0. The third kappa shape index (κ3) is 3.77. The van der Waals surface area contributed by atoms with Crippen molar-refractivity contribution in [1.29, 1.82) is 0 Å². The molecule has 0 spiro atoms. The summed E-state index contributed by atoms with van der Waals surface area (Å²) in [6.07, 6.45) is -4.49. The third-order valence-corrected chi connectivity index (χ3v) is 4.07. The van der Waals surface area contributed by atoms with Crippen LogP contribution < -0.4 is 5.32 Å². The second-order valence-corrected chi connectivity index (χ2v) is 6.58. The summed E-state index contributed by atoms with van der Waals surface area (Å²) in [6.45, 7) is 5.48. The van der Waals surface area contributed by atoms with Crippen molar-refractivity contribution in [1.82, 2.24) is 10.2 Å². The van der Waals surface area contributed by atoms with Gasteiger partial charge in [-0.15, -0.1) is 0 Å². The molecular formula is C14H16BrF3N2O. The number of halogens is 4. The molecule has 1 saturated heterocycles.